The third-order valence-electron chi connectivity index (χ3n) is 3.19. The summed E-state index contributed by atoms with van der Waals surface area (Å²) in [7, 11) is 3.50. The molecule has 0 aliphatic heterocycles. The van der Waals surface area contributed by atoms with Crippen molar-refractivity contribution in [3.8, 4) is 5.75 Å². The minimum atomic E-state index is 0.559. The predicted molar refractivity (Wildman–Crippen MR) is 85.4 cm³/mol. The Labute approximate surface area is 123 Å². The fourth-order valence-corrected chi connectivity index (χ4v) is 2.13. The van der Waals surface area contributed by atoms with Crippen LogP contribution in [0.3, 0.4) is 0 Å². The largest absolute Gasteiger partial charge is 0.497 e. The van der Waals surface area contributed by atoms with Gasteiger partial charge in [0.1, 0.15) is 11.6 Å². The summed E-state index contributed by atoms with van der Waals surface area (Å²) >= 11 is 0. The minimum Gasteiger partial charge on any atom is -0.497 e. The van der Waals surface area contributed by atoms with E-state index in [0.29, 0.717) is 5.95 Å². The predicted octanol–water partition coefficient (Wildman–Crippen LogP) is 3.42. The Morgan fingerprint density at radius 2 is 1.71 bits per heavy atom. The lowest BCUT2D eigenvalue weighted by Gasteiger charge is -2.10. The summed E-state index contributed by atoms with van der Waals surface area (Å²) in [5.41, 5.74) is 1.81. The van der Waals surface area contributed by atoms with E-state index in [1.807, 2.05) is 55.6 Å². The maximum absolute atomic E-state index is 5.14. The highest BCUT2D eigenvalue weighted by molar-refractivity contribution is 5.90. The van der Waals surface area contributed by atoms with Crippen molar-refractivity contribution in [3.05, 3.63) is 48.5 Å². The first-order valence-electron chi connectivity index (χ1n) is 6.66. The molecule has 5 nitrogen and oxygen atoms in total. The number of fused-ring (bicyclic) bond motifs is 1. The van der Waals surface area contributed by atoms with Gasteiger partial charge in [0.05, 0.1) is 12.6 Å². The number of nitrogens with zero attached hydrogens (tertiary/aromatic N) is 2. The molecule has 0 atom stereocenters. The van der Waals surface area contributed by atoms with E-state index in [2.05, 4.69) is 20.6 Å². The summed E-state index contributed by atoms with van der Waals surface area (Å²) in [6.07, 6.45) is 0. The molecule has 5 heteroatoms. The highest BCUT2D eigenvalue weighted by Crippen LogP contribution is 2.23. The quantitative estimate of drug-likeness (QED) is 0.766. The Hall–Kier alpha value is -2.82. The molecule has 0 fully saturated rings. The van der Waals surface area contributed by atoms with Crippen molar-refractivity contribution in [1.82, 2.24) is 9.97 Å². The maximum atomic E-state index is 5.14. The maximum Gasteiger partial charge on any atom is 0.229 e. The molecule has 0 unspecified atom stereocenters. The van der Waals surface area contributed by atoms with Crippen LogP contribution in [0.5, 0.6) is 5.75 Å². The van der Waals surface area contributed by atoms with Crippen LogP contribution in [-0.4, -0.2) is 24.1 Å². The van der Waals surface area contributed by atoms with E-state index in [1.54, 1.807) is 7.11 Å². The summed E-state index contributed by atoms with van der Waals surface area (Å²) in [5.74, 6) is 2.18. The molecule has 21 heavy (non-hydrogen) atoms. The van der Waals surface area contributed by atoms with Crippen molar-refractivity contribution in [2.45, 2.75) is 0 Å². The zero-order valence-corrected chi connectivity index (χ0v) is 11.9. The number of anilines is 3. The average Bonchev–Trinajstić information content (AvgIpc) is 2.55. The molecule has 0 saturated carbocycles. The smallest absolute Gasteiger partial charge is 0.229 e. The number of benzene rings is 2. The highest BCUT2D eigenvalue weighted by Gasteiger charge is 2.06. The Morgan fingerprint density at radius 1 is 0.952 bits per heavy atom. The van der Waals surface area contributed by atoms with Gasteiger partial charge in [0.2, 0.25) is 5.95 Å². The van der Waals surface area contributed by atoms with E-state index < -0.39 is 0 Å². The van der Waals surface area contributed by atoms with E-state index in [0.717, 1.165) is 28.2 Å². The molecule has 0 aliphatic rings. The average molecular weight is 280 g/mol. The number of methoxy groups -OCH3 is 1. The Kier molecular flexibility index (Phi) is 3.55. The summed E-state index contributed by atoms with van der Waals surface area (Å²) in [6.45, 7) is 0. The van der Waals surface area contributed by atoms with Crippen molar-refractivity contribution in [2.75, 3.05) is 24.8 Å². The molecule has 0 aliphatic carbocycles. The van der Waals surface area contributed by atoms with Gasteiger partial charge in [-0.2, -0.15) is 4.98 Å². The molecule has 1 aromatic heterocycles. The van der Waals surface area contributed by atoms with E-state index in [-0.39, 0.29) is 0 Å². The lowest BCUT2D eigenvalue weighted by molar-refractivity contribution is 0.415. The SMILES string of the molecule is CNc1nc(Nc2ccc(OC)cc2)nc2ccccc12. The normalized spacial score (nSPS) is 10.4. The first-order valence-corrected chi connectivity index (χ1v) is 6.66. The number of ether oxygens (including phenoxy) is 1. The van der Waals surface area contributed by atoms with Crippen LogP contribution < -0.4 is 15.4 Å². The standard InChI is InChI=1S/C16H16N4O/c1-17-15-13-5-3-4-6-14(13)19-16(20-15)18-11-7-9-12(21-2)10-8-11/h3-10H,1-2H3,(H2,17,18,19,20). The summed E-state index contributed by atoms with van der Waals surface area (Å²) in [6, 6.07) is 15.5. The van der Waals surface area contributed by atoms with Crippen LogP contribution in [0.25, 0.3) is 10.9 Å². The molecule has 0 bridgehead atoms. The monoisotopic (exact) mass is 280 g/mol. The number of hydrogen-bond acceptors (Lipinski definition) is 5. The number of nitrogens with one attached hydrogen (secondary N) is 2. The lowest BCUT2D eigenvalue weighted by Crippen LogP contribution is -2.02. The van der Waals surface area contributed by atoms with Gasteiger partial charge in [-0.3, -0.25) is 0 Å². The van der Waals surface area contributed by atoms with Crippen LogP contribution >= 0.6 is 0 Å². The van der Waals surface area contributed by atoms with Crippen molar-refractivity contribution in [3.63, 3.8) is 0 Å². The minimum absolute atomic E-state index is 0.559. The molecule has 2 aromatic carbocycles. The first-order chi connectivity index (χ1) is 10.3. The molecule has 0 spiro atoms. The second kappa shape index (κ2) is 5.66. The van der Waals surface area contributed by atoms with E-state index in [1.165, 1.54) is 0 Å². The molecular formula is C16H16N4O. The van der Waals surface area contributed by atoms with Gasteiger partial charge in [-0.1, -0.05) is 12.1 Å². The van der Waals surface area contributed by atoms with Crippen LogP contribution in [0, 0.1) is 0 Å². The third kappa shape index (κ3) is 2.72. The fourth-order valence-electron chi connectivity index (χ4n) is 2.13. The number of rotatable bonds is 4. The molecule has 3 aromatic rings. The molecule has 3 rings (SSSR count). The van der Waals surface area contributed by atoms with Gasteiger partial charge in [-0.25, -0.2) is 4.98 Å². The van der Waals surface area contributed by atoms with Crippen molar-refractivity contribution in [1.29, 1.82) is 0 Å². The number of para-hydroxylation sites is 1. The van der Waals surface area contributed by atoms with Gasteiger partial charge in [0.25, 0.3) is 0 Å². The van der Waals surface area contributed by atoms with Gasteiger partial charge < -0.3 is 15.4 Å². The van der Waals surface area contributed by atoms with E-state index >= 15 is 0 Å². The van der Waals surface area contributed by atoms with E-state index in [4.69, 9.17) is 4.74 Å². The zero-order valence-electron chi connectivity index (χ0n) is 11.9. The fraction of sp³-hybridized carbons (Fsp3) is 0.125. The highest BCUT2D eigenvalue weighted by atomic mass is 16.5. The van der Waals surface area contributed by atoms with Crippen LogP contribution in [0.2, 0.25) is 0 Å². The van der Waals surface area contributed by atoms with Crippen molar-refractivity contribution in [2.24, 2.45) is 0 Å². The van der Waals surface area contributed by atoms with Crippen LogP contribution in [0.1, 0.15) is 0 Å². The first kappa shape index (κ1) is 13.2. The molecular weight excluding hydrogens is 264 g/mol. The van der Waals surface area contributed by atoms with Crippen LogP contribution in [-0.2, 0) is 0 Å². The Morgan fingerprint density at radius 3 is 2.43 bits per heavy atom. The zero-order chi connectivity index (χ0) is 14.7. The second-order valence-electron chi connectivity index (χ2n) is 4.52. The number of hydrogen-bond donors (Lipinski definition) is 2. The van der Waals surface area contributed by atoms with E-state index in [9.17, 15) is 0 Å². The van der Waals surface area contributed by atoms with Gasteiger partial charge in [0, 0.05) is 18.1 Å². The second-order valence-corrected chi connectivity index (χ2v) is 4.52. The molecule has 2 N–H and O–H groups in total. The number of aromatic nitrogens is 2. The van der Waals surface area contributed by atoms with Crippen molar-refractivity contribution >= 4 is 28.4 Å². The van der Waals surface area contributed by atoms with Gasteiger partial charge in [-0.15, -0.1) is 0 Å². The third-order valence-corrected chi connectivity index (χ3v) is 3.19. The van der Waals surface area contributed by atoms with Gasteiger partial charge in [-0.05, 0) is 36.4 Å². The van der Waals surface area contributed by atoms with Crippen LogP contribution in [0.15, 0.2) is 48.5 Å². The molecule has 0 amide bonds. The van der Waals surface area contributed by atoms with Crippen LogP contribution in [0.4, 0.5) is 17.5 Å². The summed E-state index contributed by atoms with van der Waals surface area (Å²) in [4.78, 5) is 9.02. The summed E-state index contributed by atoms with van der Waals surface area (Å²) < 4.78 is 5.14. The topological polar surface area (TPSA) is 59.1 Å². The lowest BCUT2D eigenvalue weighted by atomic mass is 10.2. The molecule has 1 heterocycles. The van der Waals surface area contributed by atoms with Gasteiger partial charge >= 0.3 is 0 Å². The Balaban J connectivity index is 1.96. The molecule has 0 radical (unpaired) electrons. The Bertz CT molecular complexity index is 756. The van der Waals surface area contributed by atoms with Crippen molar-refractivity contribution < 1.29 is 4.74 Å². The summed E-state index contributed by atoms with van der Waals surface area (Å²) in [5, 5.41) is 7.31. The molecule has 0 saturated heterocycles. The molecule has 106 valence electrons. The van der Waals surface area contributed by atoms with Gasteiger partial charge in [0.15, 0.2) is 0 Å².